The maximum absolute atomic E-state index is 11.8. The second-order valence-corrected chi connectivity index (χ2v) is 6.21. The van der Waals surface area contributed by atoms with Gasteiger partial charge in [-0.3, -0.25) is 0 Å². The summed E-state index contributed by atoms with van der Waals surface area (Å²) < 4.78 is 7.02. The fourth-order valence-corrected chi connectivity index (χ4v) is 3.25. The molecular weight excluding hydrogens is 334 g/mol. The van der Waals surface area contributed by atoms with Crippen LogP contribution >= 0.6 is 0 Å². The number of rotatable bonds is 4. The number of carbonyl (C=O) groups is 1. The average molecular weight is 353 g/mol. The van der Waals surface area contributed by atoms with Crippen molar-refractivity contribution in [1.82, 2.24) is 4.57 Å². The molecule has 0 radical (unpaired) electrons. The first-order valence-corrected chi connectivity index (χ1v) is 8.79. The molecule has 0 aliphatic heterocycles. The third-order valence-electron chi connectivity index (χ3n) is 4.57. The highest BCUT2D eigenvalue weighted by Crippen LogP contribution is 2.32. The van der Waals surface area contributed by atoms with E-state index in [1.54, 1.807) is 12.1 Å². The van der Waals surface area contributed by atoms with E-state index in [4.69, 9.17) is 4.74 Å². The Morgan fingerprint density at radius 1 is 0.667 bits per heavy atom. The Morgan fingerprint density at radius 3 is 1.59 bits per heavy atom. The fraction of sp³-hybridized carbons (Fsp3) is 0.0417. The van der Waals surface area contributed by atoms with Crippen LogP contribution in [0.3, 0.4) is 0 Å². The van der Waals surface area contributed by atoms with Crippen molar-refractivity contribution in [1.29, 1.82) is 0 Å². The quantitative estimate of drug-likeness (QED) is 0.447. The molecule has 0 atom stereocenters. The van der Waals surface area contributed by atoms with Gasteiger partial charge in [0.2, 0.25) is 0 Å². The van der Waals surface area contributed by atoms with E-state index >= 15 is 0 Å². The van der Waals surface area contributed by atoms with Gasteiger partial charge >= 0.3 is 5.97 Å². The number of hydrogen-bond donors (Lipinski definition) is 0. The van der Waals surface area contributed by atoms with Gasteiger partial charge in [-0.25, -0.2) is 4.79 Å². The maximum Gasteiger partial charge on any atom is 0.337 e. The van der Waals surface area contributed by atoms with Crippen molar-refractivity contribution >= 4 is 5.97 Å². The monoisotopic (exact) mass is 353 g/mol. The first-order valence-electron chi connectivity index (χ1n) is 8.79. The van der Waals surface area contributed by atoms with Crippen molar-refractivity contribution in [3.63, 3.8) is 0 Å². The lowest BCUT2D eigenvalue weighted by atomic mass is 10.1. The van der Waals surface area contributed by atoms with Crippen LogP contribution in [0, 0.1) is 0 Å². The molecule has 0 aliphatic carbocycles. The maximum atomic E-state index is 11.8. The molecule has 3 heteroatoms. The van der Waals surface area contributed by atoms with Crippen LogP contribution in [0.25, 0.3) is 28.2 Å². The minimum Gasteiger partial charge on any atom is -0.465 e. The van der Waals surface area contributed by atoms with E-state index in [0.717, 1.165) is 28.2 Å². The molecule has 3 nitrogen and oxygen atoms in total. The summed E-state index contributed by atoms with van der Waals surface area (Å²) in [6.07, 6.45) is 0. The minimum atomic E-state index is -0.333. The molecule has 3 aromatic carbocycles. The number of carbonyl (C=O) groups excluding carboxylic acids is 1. The standard InChI is InChI=1S/C24H19NO2/c1-27-24(26)20-12-14-21(15-13-20)25-22(18-8-4-2-5-9-18)16-17-23(25)19-10-6-3-7-11-19/h2-17H,1H3. The Bertz CT molecular complexity index is 992. The van der Waals surface area contributed by atoms with Crippen LogP contribution in [-0.4, -0.2) is 17.6 Å². The largest absolute Gasteiger partial charge is 0.465 e. The molecule has 1 heterocycles. The number of hydrogen-bond acceptors (Lipinski definition) is 2. The molecule has 0 unspecified atom stereocenters. The van der Waals surface area contributed by atoms with Crippen molar-refractivity contribution in [2.75, 3.05) is 7.11 Å². The zero-order valence-electron chi connectivity index (χ0n) is 15.0. The zero-order chi connectivity index (χ0) is 18.6. The van der Waals surface area contributed by atoms with Gasteiger partial charge in [0.05, 0.1) is 24.1 Å². The number of ether oxygens (including phenoxy) is 1. The predicted octanol–water partition coefficient (Wildman–Crippen LogP) is 5.60. The first kappa shape index (κ1) is 16.9. The number of benzene rings is 3. The van der Waals surface area contributed by atoms with Gasteiger partial charge in [-0.15, -0.1) is 0 Å². The SMILES string of the molecule is COC(=O)c1ccc(-n2c(-c3ccccc3)ccc2-c2ccccc2)cc1. The van der Waals surface area contributed by atoms with E-state index in [0.29, 0.717) is 5.56 Å². The highest BCUT2D eigenvalue weighted by Gasteiger charge is 2.14. The van der Waals surface area contributed by atoms with Gasteiger partial charge in [0, 0.05) is 5.69 Å². The van der Waals surface area contributed by atoms with Crippen LogP contribution < -0.4 is 0 Å². The van der Waals surface area contributed by atoms with Gasteiger partial charge in [-0.1, -0.05) is 60.7 Å². The Balaban J connectivity index is 1.89. The van der Waals surface area contributed by atoms with Gasteiger partial charge in [0.1, 0.15) is 0 Å². The molecular formula is C24H19NO2. The van der Waals surface area contributed by atoms with E-state index in [1.165, 1.54) is 7.11 Å². The van der Waals surface area contributed by atoms with Crippen molar-refractivity contribution < 1.29 is 9.53 Å². The van der Waals surface area contributed by atoms with Crippen LogP contribution in [0.15, 0.2) is 97.1 Å². The van der Waals surface area contributed by atoms with Crippen LogP contribution in [0.4, 0.5) is 0 Å². The summed E-state index contributed by atoms with van der Waals surface area (Å²) >= 11 is 0. The summed E-state index contributed by atoms with van der Waals surface area (Å²) in [6, 6.07) is 32.3. The summed E-state index contributed by atoms with van der Waals surface area (Å²) in [5.41, 5.74) is 6.00. The van der Waals surface area contributed by atoms with Gasteiger partial charge in [0.25, 0.3) is 0 Å². The molecule has 0 amide bonds. The summed E-state index contributed by atoms with van der Waals surface area (Å²) in [5, 5.41) is 0. The summed E-state index contributed by atoms with van der Waals surface area (Å²) in [6.45, 7) is 0. The average Bonchev–Trinajstić information content (AvgIpc) is 3.20. The second-order valence-electron chi connectivity index (χ2n) is 6.21. The van der Waals surface area contributed by atoms with Crippen LogP contribution in [0.5, 0.6) is 0 Å². The number of methoxy groups -OCH3 is 1. The molecule has 0 aliphatic rings. The second kappa shape index (κ2) is 7.34. The van der Waals surface area contributed by atoms with E-state index in [2.05, 4.69) is 41.0 Å². The lowest BCUT2D eigenvalue weighted by molar-refractivity contribution is 0.0601. The van der Waals surface area contributed by atoms with Crippen LogP contribution in [-0.2, 0) is 4.74 Å². The molecule has 4 rings (SSSR count). The van der Waals surface area contributed by atoms with Gasteiger partial charge in [-0.05, 0) is 47.5 Å². The smallest absolute Gasteiger partial charge is 0.337 e. The van der Waals surface area contributed by atoms with Gasteiger partial charge in [0.15, 0.2) is 0 Å². The molecule has 0 bridgehead atoms. The van der Waals surface area contributed by atoms with Crippen molar-refractivity contribution in [3.05, 3.63) is 103 Å². The van der Waals surface area contributed by atoms with Gasteiger partial charge in [-0.2, -0.15) is 0 Å². The summed E-state index contributed by atoms with van der Waals surface area (Å²) in [5.74, 6) is -0.333. The van der Waals surface area contributed by atoms with Crippen LogP contribution in [0.1, 0.15) is 10.4 Å². The summed E-state index contributed by atoms with van der Waals surface area (Å²) in [7, 11) is 1.39. The number of esters is 1. The number of aromatic nitrogens is 1. The number of nitrogens with zero attached hydrogens (tertiary/aromatic N) is 1. The predicted molar refractivity (Wildman–Crippen MR) is 108 cm³/mol. The molecule has 0 saturated carbocycles. The molecule has 1 aromatic heterocycles. The normalized spacial score (nSPS) is 10.6. The molecule has 0 saturated heterocycles. The van der Waals surface area contributed by atoms with Crippen molar-refractivity contribution in [3.8, 4) is 28.2 Å². The van der Waals surface area contributed by atoms with Crippen LogP contribution in [0.2, 0.25) is 0 Å². The first-order chi connectivity index (χ1) is 13.3. The van der Waals surface area contributed by atoms with E-state index in [1.807, 2.05) is 48.5 Å². The van der Waals surface area contributed by atoms with E-state index in [-0.39, 0.29) is 5.97 Å². The highest BCUT2D eigenvalue weighted by atomic mass is 16.5. The van der Waals surface area contributed by atoms with Gasteiger partial charge < -0.3 is 9.30 Å². The summed E-state index contributed by atoms with van der Waals surface area (Å²) in [4.78, 5) is 11.8. The third-order valence-corrected chi connectivity index (χ3v) is 4.57. The molecule has 132 valence electrons. The van der Waals surface area contributed by atoms with Crippen molar-refractivity contribution in [2.24, 2.45) is 0 Å². The molecule has 0 fully saturated rings. The third kappa shape index (κ3) is 3.27. The topological polar surface area (TPSA) is 31.2 Å². The molecule has 27 heavy (non-hydrogen) atoms. The van der Waals surface area contributed by atoms with E-state index in [9.17, 15) is 4.79 Å². The molecule has 4 aromatic rings. The Hall–Kier alpha value is -3.59. The fourth-order valence-electron chi connectivity index (χ4n) is 3.25. The molecule has 0 spiro atoms. The van der Waals surface area contributed by atoms with E-state index < -0.39 is 0 Å². The Kier molecular flexibility index (Phi) is 4.58. The minimum absolute atomic E-state index is 0.333. The zero-order valence-corrected chi connectivity index (χ0v) is 15.0. The lowest BCUT2D eigenvalue weighted by Crippen LogP contribution is -2.03. The Morgan fingerprint density at radius 2 is 1.15 bits per heavy atom. The van der Waals surface area contributed by atoms with Crippen molar-refractivity contribution in [2.45, 2.75) is 0 Å². The highest BCUT2D eigenvalue weighted by molar-refractivity contribution is 5.89. The molecule has 0 N–H and O–H groups in total. The Labute approximate surface area is 158 Å². The lowest BCUT2D eigenvalue weighted by Gasteiger charge is -2.15.